The molecule has 0 aromatic heterocycles. The number of likely N-dealkylation sites (N-methyl/N-ethyl adjacent to an activating group) is 1. The van der Waals surface area contributed by atoms with Gasteiger partial charge in [0.15, 0.2) is 0 Å². The van der Waals surface area contributed by atoms with Gasteiger partial charge in [-0.05, 0) is 30.2 Å². The first kappa shape index (κ1) is 27.4. The van der Waals surface area contributed by atoms with Crippen molar-refractivity contribution in [3.05, 3.63) is 90.0 Å². The Bertz CT molecular complexity index is 1060. The average Bonchev–Trinajstić information content (AvgIpc) is 2.83. The summed E-state index contributed by atoms with van der Waals surface area (Å²) in [7, 11) is 1.72. The molecule has 0 aliphatic rings. The quantitative estimate of drug-likeness (QED) is 0.123. The van der Waals surface area contributed by atoms with Gasteiger partial charge in [-0.1, -0.05) is 43.5 Å². The monoisotopic (exact) mass is 494 g/mol. The maximum Gasteiger partial charge on any atom is 0.419 e. The van der Waals surface area contributed by atoms with Crippen LogP contribution in [0, 0.1) is 5.82 Å². The van der Waals surface area contributed by atoms with Gasteiger partial charge in [0, 0.05) is 20.2 Å². The summed E-state index contributed by atoms with van der Waals surface area (Å²) in [5.74, 6) is -1.82. The van der Waals surface area contributed by atoms with E-state index in [4.69, 9.17) is 9.84 Å². The lowest BCUT2D eigenvalue weighted by Crippen LogP contribution is -2.38. The van der Waals surface area contributed by atoms with Crippen molar-refractivity contribution < 1.29 is 32.2 Å². The first-order valence-electron chi connectivity index (χ1n) is 10.4. The molecule has 0 unspecified atom stereocenters. The van der Waals surface area contributed by atoms with Crippen LogP contribution in [0.4, 0.5) is 17.6 Å². The number of carbonyl (C=O) groups excluding carboxylic acids is 1. The van der Waals surface area contributed by atoms with Crippen LogP contribution in [-0.2, 0) is 17.5 Å². The van der Waals surface area contributed by atoms with Crippen LogP contribution in [0.25, 0.3) is 0 Å². The second kappa shape index (κ2) is 12.6. The molecule has 11 heteroatoms. The molecule has 0 heterocycles. The number of aliphatic hydroxyl groups is 1. The lowest BCUT2D eigenvalue weighted by Gasteiger charge is -2.32. The van der Waals surface area contributed by atoms with Gasteiger partial charge in [-0.25, -0.2) is 9.82 Å². The zero-order chi connectivity index (χ0) is 26.0. The number of nitrogens with one attached hydrogen (secondary N) is 1. The number of alkyl halides is 3. The highest BCUT2D eigenvalue weighted by Gasteiger charge is 2.35. The highest BCUT2D eigenvalue weighted by molar-refractivity contribution is 5.79. The van der Waals surface area contributed by atoms with Crippen LogP contribution in [0.15, 0.2) is 78.2 Å². The molecule has 0 saturated carbocycles. The molecule has 0 saturated heterocycles. The van der Waals surface area contributed by atoms with Crippen LogP contribution < -0.4 is 10.2 Å². The molecular formula is C24H26F4N4O3. The smallest absolute Gasteiger partial charge is 0.419 e. The zero-order valence-electron chi connectivity index (χ0n) is 19.1. The molecule has 0 radical (unpaired) electrons. The van der Waals surface area contributed by atoms with Crippen LogP contribution in [0.2, 0.25) is 0 Å². The Morgan fingerprint density at radius 3 is 2.46 bits per heavy atom. The standard InChI is InChI=1S/C24H26F4N4O3/c1-17(31(3)12-7-13-33)18(2)32(15-19-8-5-4-6-9-19)23(30-29-16-34)35-20-10-11-22(25)21(14-20)24(26,27)28/h4-6,8-11,14,16,33H,1-2,7,12-13,15H2,3H3,(H,29,34)/b30-23+. The predicted octanol–water partition coefficient (Wildman–Crippen LogP) is 4.08. The Morgan fingerprint density at radius 1 is 1.17 bits per heavy atom. The highest BCUT2D eigenvalue weighted by atomic mass is 19.4. The number of amidine groups is 1. The Hall–Kier alpha value is -3.86. The van der Waals surface area contributed by atoms with E-state index in [1.807, 2.05) is 0 Å². The van der Waals surface area contributed by atoms with Crippen LogP contribution >= 0.6 is 0 Å². The third kappa shape index (κ3) is 7.85. The molecule has 2 rings (SSSR count). The van der Waals surface area contributed by atoms with Crippen LogP contribution in [0.5, 0.6) is 5.75 Å². The first-order chi connectivity index (χ1) is 16.6. The van der Waals surface area contributed by atoms with Gasteiger partial charge in [0.05, 0.1) is 23.5 Å². The van der Waals surface area contributed by atoms with Gasteiger partial charge < -0.3 is 14.7 Å². The number of benzene rings is 2. The second-order valence-electron chi connectivity index (χ2n) is 7.35. The number of carbonyl (C=O) groups is 1. The number of amides is 1. The van der Waals surface area contributed by atoms with Crippen LogP contribution in [0.3, 0.4) is 0 Å². The minimum atomic E-state index is -4.95. The van der Waals surface area contributed by atoms with Gasteiger partial charge in [-0.15, -0.1) is 5.10 Å². The number of hydrazone groups is 1. The Morgan fingerprint density at radius 2 is 1.86 bits per heavy atom. The Balaban J connectivity index is 2.48. The van der Waals surface area contributed by atoms with Crippen molar-refractivity contribution in [1.29, 1.82) is 0 Å². The normalized spacial score (nSPS) is 11.5. The van der Waals surface area contributed by atoms with Crippen molar-refractivity contribution in [3.8, 4) is 5.75 Å². The molecule has 0 spiro atoms. The van der Waals surface area contributed by atoms with E-state index in [9.17, 15) is 22.4 Å². The molecule has 0 bridgehead atoms. The van der Waals surface area contributed by atoms with E-state index < -0.39 is 17.6 Å². The maximum absolute atomic E-state index is 13.8. The van der Waals surface area contributed by atoms with Crippen molar-refractivity contribution in [2.75, 3.05) is 20.2 Å². The van der Waals surface area contributed by atoms with Gasteiger partial charge in [-0.2, -0.15) is 13.2 Å². The van der Waals surface area contributed by atoms with Crippen LogP contribution in [0.1, 0.15) is 17.5 Å². The predicted molar refractivity (Wildman–Crippen MR) is 123 cm³/mol. The number of aliphatic hydroxyl groups excluding tert-OH is 1. The van der Waals surface area contributed by atoms with E-state index in [1.54, 1.807) is 42.3 Å². The zero-order valence-corrected chi connectivity index (χ0v) is 19.1. The number of rotatable bonds is 11. The number of hydrogen-bond donors (Lipinski definition) is 2. The van der Waals surface area contributed by atoms with Crippen molar-refractivity contribution in [2.45, 2.75) is 19.1 Å². The van der Waals surface area contributed by atoms with E-state index >= 15 is 0 Å². The van der Waals surface area contributed by atoms with Gasteiger partial charge in [-0.3, -0.25) is 9.69 Å². The third-order valence-electron chi connectivity index (χ3n) is 4.85. The summed E-state index contributed by atoms with van der Waals surface area (Å²) in [5, 5.41) is 13.0. The molecule has 2 N–H and O–H groups in total. The van der Waals surface area contributed by atoms with Crippen molar-refractivity contribution in [3.63, 3.8) is 0 Å². The van der Waals surface area contributed by atoms with Crippen molar-refractivity contribution >= 4 is 12.4 Å². The summed E-state index contributed by atoms with van der Waals surface area (Å²) in [6.07, 6.45) is -4.24. The molecule has 0 aliphatic heterocycles. The van der Waals surface area contributed by atoms with Gasteiger partial charge in [0.25, 0.3) is 0 Å². The number of ether oxygens (including phenoxy) is 1. The van der Waals surface area contributed by atoms with E-state index in [2.05, 4.69) is 23.7 Å². The topological polar surface area (TPSA) is 77.4 Å². The average molecular weight is 494 g/mol. The van der Waals surface area contributed by atoms with Gasteiger partial charge >= 0.3 is 12.2 Å². The summed E-state index contributed by atoms with van der Waals surface area (Å²) >= 11 is 0. The summed E-state index contributed by atoms with van der Waals surface area (Å²) in [6, 6.07) is 10.8. The fraction of sp³-hybridized carbons (Fsp3) is 0.250. The summed E-state index contributed by atoms with van der Waals surface area (Å²) in [6.45, 7) is 8.53. The molecule has 1 amide bonds. The van der Waals surface area contributed by atoms with Crippen molar-refractivity contribution in [2.24, 2.45) is 5.10 Å². The van der Waals surface area contributed by atoms with Gasteiger partial charge in [0.2, 0.25) is 6.41 Å². The lowest BCUT2D eigenvalue weighted by atomic mass is 10.2. The van der Waals surface area contributed by atoms with E-state index in [0.717, 1.165) is 11.6 Å². The van der Waals surface area contributed by atoms with E-state index in [-0.39, 0.29) is 37.0 Å². The fourth-order valence-electron chi connectivity index (χ4n) is 2.97. The molecule has 0 aliphatic carbocycles. The van der Waals surface area contributed by atoms with Crippen LogP contribution in [-0.4, -0.2) is 47.5 Å². The molecule has 0 atom stereocenters. The molecule has 0 fully saturated rings. The largest absolute Gasteiger partial charge is 0.424 e. The SMILES string of the molecule is C=C(C(=C)N(Cc1ccccc1)/C(=N\NC=O)Oc1ccc(F)c(C(F)(F)F)c1)N(C)CCCO. The molecule has 35 heavy (non-hydrogen) atoms. The summed E-state index contributed by atoms with van der Waals surface area (Å²) < 4.78 is 58.9. The summed E-state index contributed by atoms with van der Waals surface area (Å²) in [5.41, 5.74) is 1.99. The maximum atomic E-state index is 13.8. The number of halogens is 4. The molecule has 2 aromatic rings. The lowest BCUT2D eigenvalue weighted by molar-refractivity contribution is -0.140. The van der Waals surface area contributed by atoms with E-state index in [1.165, 1.54) is 4.90 Å². The first-order valence-corrected chi connectivity index (χ1v) is 10.4. The fourth-order valence-corrected chi connectivity index (χ4v) is 2.97. The molecule has 7 nitrogen and oxygen atoms in total. The summed E-state index contributed by atoms with van der Waals surface area (Å²) in [4.78, 5) is 14.1. The van der Waals surface area contributed by atoms with Crippen molar-refractivity contribution in [1.82, 2.24) is 15.2 Å². The van der Waals surface area contributed by atoms with Gasteiger partial charge in [0.1, 0.15) is 11.6 Å². The van der Waals surface area contributed by atoms with E-state index in [0.29, 0.717) is 30.8 Å². The molecular weight excluding hydrogens is 468 g/mol. The Labute approximate surface area is 200 Å². The molecule has 188 valence electrons. The Kier molecular flexibility index (Phi) is 9.83. The minimum Gasteiger partial charge on any atom is -0.424 e. The minimum absolute atomic E-state index is 0.0387. The highest BCUT2D eigenvalue weighted by Crippen LogP contribution is 2.34. The number of hydrogen-bond acceptors (Lipinski definition) is 5. The third-order valence-corrected chi connectivity index (χ3v) is 4.85. The molecule has 2 aromatic carbocycles. The number of nitrogens with zero attached hydrogens (tertiary/aromatic N) is 3. The second-order valence-corrected chi connectivity index (χ2v) is 7.35.